The summed E-state index contributed by atoms with van der Waals surface area (Å²) < 4.78 is 20.4. The largest absolute Gasteiger partial charge is 0.467 e. The van der Waals surface area contributed by atoms with Crippen molar-refractivity contribution < 1.29 is 28.5 Å². The standard InChI is InChI=1S/C12H20O6/c1-11(2,3)12(4)17-7(9(13)15-5)8(18-12)10(14)16-6/h7-8H,1-6H3. The maximum atomic E-state index is 11.6. The second kappa shape index (κ2) is 4.85. The molecule has 1 aliphatic heterocycles. The molecule has 6 heteroatoms. The summed E-state index contributed by atoms with van der Waals surface area (Å²) in [6, 6.07) is 0. The number of carbonyl (C=O) groups excluding carboxylic acids is 2. The Morgan fingerprint density at radius 3 is 1.56 bits per heavy atom. The summed E-state index contributed by atoms with van der Waals surface area (Å²) in [4.78, 5) is 23.2. The van der Waals surface area contributed by atoms with Crippen molar-refractivity contribution in [1.29, 1.82) is 0 Å². The van der Waals surface area contributed by atoms with Gasteiger partial charge < -0.3 is 18.9 Å². The number of ether oxygens (including phenoxy) is 4. The van der Waals surface area contributed by atoms with E-state index in [1.807, 2.05) is 20.8 Å². The molecule has 18 heavy (non-hydrogen) atoms. The van der Waals surface area contributed by atoms with E-state index >= 15 is 0 Å². The van der Waals surface area contributed by atoms with Gasteiger partial charge in [0.2, 0.25) is 0 Å². The van der Waals surface area contributed by atoms with Gasteiger partial charge in [0, 0.05) is 5.41 Å². The Morgan fingerprint density at radius 1 is 1.00 bits per heavy atom. The fraction of sp³-hybridized carbons (Fsp3) is 0.833. The molecular formula is C12H20O6. The van der Waals surface area contributed by atoms with Gasteiger partial charge in [0.15, 0.2) is 18.0 Å². The molecule has 0 aromatic carbocycles. The van der Waals surface area contributed by atoms with Crippen LogP contribution in [0.1, 0.15) is 27.7 Å². The van der Waals surface area contributed by atoms with E-state index in [4.69, 9.17) is 9.47 Å². The van der Waals surface area contributed by atoms with Crippen molar-refractivity contribution in [2.24, 2.45) is 5.41 Å². The van der Waals surface area contributed by atoms with E-state index in [-0.39, 0.29) is 0 Å². The molecule has 0 spiro atoms. The highest BCUT2D eigenvalue weighted by atomic mass is 16.8. The predicted octanol–water partition coefficient (Wildman–Crippen LogP) is 0.879. The average molecular weight is 260 g/mol. The second-order valence-electron chi connectivity index (χ2n) is 5.32. The molecule has 0 bridgehead atoms. The highest BCUT2D eigenvalue weighted by molar-refractivity contribution is 5.86. The third-order valence-electron chi connectivity index (χ3n) is 3.21. The van der Waals surface area contributed by atoms with Crippen LogP contribution in [0.2, 0.25) is 0 Å². The zero-order chi connectivity index (χ0) is 14.1. The second-order valence-corrected chi connectivity index (χ2v) is 5.32. The van der Waals surface area contributed by atoms with Crippen LogP contribution in [0, 0.1) is 5.41 Å². The fourth-order valence-electron chi connectivity index (χ4n) is 1.57. The molecule has 0 radical (unpaired) electrons. The molecular weight excluding hydrogens is 240 g/mol. The van der Waals surface area contributed by atoms with Crippen molar-refractivity contribution in [2.45, 2.75) is 45.7 Å². The van der Waals surface area contributed by atoms with Gasteiger partial charge in [-0.2, -0.15) is 0 Å². The zero-order valence-corrected chi connectivity index (χ0v) is 11.6. The van der Waals surface area contributed by atoms with Crippen LogP contribution >= 0.6 is 0 Å². The van der Waals surface area contributed by atoms with E-state index in [2.05, 4.69) is 9.47 Å². The molecule has 1 saturated heterocycles. The summed E-state index contributed by atoms with van der Waals surface area (Å²) in [5, 5.41) is 0. The number of hydrogen-bond acceptors (Lipinski definition) is 6. The molecule has 6 nitrogen and oxygen atoms in total. The number of methoxy groups -OCH3 is 2. The molecule has 0 saturated carbocycles. The van der Waals surface area contributed by atoms with Crippen LogP contribution in [0.25, 0.3) is 0 Å². The van der Waals surface area contributed by atoms with E-state index in [0.29, 0.717) is 0 Å². The van der Waals surface area contributed by atoms with E-state index in [9.17, 15) is 9.59 Å². The topological polar surface area (TPSA) is 71.1 Å². The minimum absolute atomic E-state index is 0.415. The Morgan fingerprint density at radius 2 is 1.33 bits per heavy atom. The molecule has 0 aromatic heterocycles. The maximum Gasteiger partial charge on any atom is 0.338 e. The Kier molecular flexibility index (Phi) is 4.02. The van der Waals surface area contributed by atoms with E-state index in [1.54, 1.807) is 6.92 Å². The van der Waals surface area contributed by atoms with Crippen LogP contribution in [0.15, 0.2) is 0 Å². The summed E-state index contributed by atoms with van der Waals surface area (Å²) in [7, 11) is 2.46. The van der Waals surface area contributed by atoms with Crippen LogP contribution in [-0.4, -0.2) is 44.2 Å². The third-order valence-corrected chi connectivity index (χ3v) is 3.21. The first-order valence-corrected chi connectivity index (χ1v) is 5.67. The van der Waals surface area contributed by atoms with Crippen molar-refractivity contribution in [2.75, 3.05) is 14.2 Å². The zero-order valence-electron chi connectivity index (χ0n) is 11.6. The number of hydrogen-bond donors (Lipinski definition) is 0. The van der Waals surface area contributed by atoms with Crippen molar-refractivity contribution in [3.05, 3.63) is 0 Å². The van der Waals surface area contributed by atoms with Gasteiger partial charge in [0.25, 0.3) is 0 Å². The van der Waals surface area contributed by atoms with Gasteiger partial charge in [-0.3, -0.25) is 0 Å². The molecule has 1 rings (SSSR count). The van der Waals surface area contributed by atoms with Gasteiger partial charge in [0.05, 0.1) is 14.2 Å². The monoisotopic (exact) mass is 260 g/mol. The van der Waals surface area contributed by atoms with Crippen LogP contribution < -0.4 is 0 Å². The molecule has 0 amide bonds. The summed E-state index contributed by atoms with van der Waals surface area (Å²) in [5.41, 5.74) is -0.415. The van der Waals surface area contributed by atoms with E-state index in [0.717, 1.165) is 0 Å². The lowest BCUT2D eigenvalue weighted by Gasteiger charge is -2.36. The quantitative estimate of drug-likeness (QED) is 0.686. The van der Waals surface area contributed by atoms with Crippen molar-refractivity contribution in [3.8, 4) is 0 Å². The normalized spacial score (nSPS) is 32.1. The van der Waals surface area contributed by atoms with Gasteiger partial charge in [-0.15, -0.1) is 0 Å². The van der Waals surface area contributed by atoms with Gasteiger partial charge in [-0.1, -0.05) is 20.8 Å². The van der Waals surface area contributed by atoms with Crippen LogP contribution in [0.5, 0.6) is 0 Å². The molecule has 0 aromatic rings. The Bertz CT molecular complexity index is 319. The minimum Gasteiger partial charge on any atom is -0.467 e. The van der Waals surface area contributed by atoms with E-state index < -0.39 is 35.3 Å². The Labute approximate surface area is 107 Å². The highest BCUT2D eigenvalue weighted by Gasteiger charge is 2.57. The van der Waals surface area contributed by atoms with E-state index in [1.165, 1.54) is 14.2 Å². The molecule has 0 aliphatic carbocycles. The summed E-state index contributed by atoms with van der Waals surface area (Å²) >= 11 is 0. The number of esters is 2. The molecule has 1 fully saturated rings. The number of carbonyl (C=O) groups is 2. The van der Waals surface area contributed by atoms with Gasteiger partial charge >= 0.3 is 11.9 Å². The summed E-state index contributed by atoms with van der Waals surface area (Å²) in [6.45, 7) is 7.36. The summed E-state index contributed by atoms with van der Waals surface area (Å²) in [6.07, 6.45) is -2.21. The molecule has 2 unspecified atom stereocenters. The van der Waals surface area contributed by atoms with Gasteiger partial charge in [-0.25, -0.2) is 9.59 Å². The predicted molar refractivity (Wildman–Crippen MR) is 61.6 cm³/mol. The molecule has 2 atom stereocenters. The van der Waals surface area contributed by atoms with Crippen molar-refractivity contribution in [1.82, 2.24) is 0 Å². The third kappa shape index (κ3) is 2.49. The molecule has 104 valence electrons. The lowest BCUT2D eigenvalue weighted by Crippen LogP contribution is -2.42. The first-order chi connectivity index (χ1) is 8.16. The van der Waals surface area contributed by atoms with Crippen LogP contribution in [0.4, 0.5) is 0 Å². The maximum absolute atomic E-state index is 11.6. The molecule has 1 aliphatic rings. The van der Waals surface area contributed by atoms with Gasteiger partial charge in [0.1, 0.15) is 0 Å². The van der Waals surface area contributed by atoms with Crippen molar-refractivity contribution in [3.63, 3.8) is 0 Å². The van der Waals surface area contributed by atoms with Gasteiger partial charge in [-0.05, 0) is 6.92 Å². The summed E-state index contributed by atoms with van der Waals surface area (Å²) in [5.74, 6) is -2.37. The average Bonchev–Trinajstić information content (AvgIpc) is 2.66. The fourth-order valence-corrected chi connectivity index (χ4v) is 1.57. The first kappa shape index (κ1) is 14.9. The van der Waals surface area contributed by atoms with Crippen LogP contribution in [0.3, 0.4) is 0 Å². The highest BCUT2D eigenvalue weighted by Crippen LogP contribution is 2.42. The SMILES string of the molecule is COC(=O)C1OC(C)(C(C)(C)C)OC1C(=O)OC. The molecule has 0 N–H and O–H groups in total. The Hall–Kier alpha value is -1.14. The smallest absolute Gasteiger partial charge is 0.338 e. The van der Waals surface area contributed by atoms with Crippen molar-refractivity contribution >= 4 is 11.9 Å². The Balaban J connectivity index is 3.03. The molecule has 1 heterocycles. The van der Waals surface area contributed by atoms with Crippen LogP contribution in [-0.2, 0) is 28.5 Å². The number of rotatable bonds is 2. The first-order valence-electron chi connectivity index (χ1n) is 5.67. The lowest BCUT2D eigenvalue weighted by atomic mass is 9.87. The lowest BCUT2D eigenvalue weighted by molar-refractivity contribution is -0.227. The minimum atomic E-state index is -1.10.